The van der Waals surface area contributed by atoms with Crippen LogP contribution in [0, 0.1) is 0 Å². The summed E-state index contributed by atoms with van der Waals surface area (Å²) in [6.07, 6.45) is 0. The molecule has 0 saturated heterocycles. The lowest BCUT2D eigenvalue weighted by atomic mass is 10.2. The van der Waals surface area contributed by atoms with Crippen LogP contribution in [-0.2, 0) is 6.54 Å². The Morgan fingerprint density at radius 3 is 3.00 bits per heavy atom. The first-order chi connectivity index (χ1) is 6.22. The van der Waals surface area contributed by atoms with Crippen LogP contribution in [-0.4, -0.2) is 23.0 Å². The fraction of sp³-hybridized carbons (Fsp3) is 0.286. The van der Waals surface area contributed by atoms with Gasteiger partial charge in [0.15, 0.2) is 0 Å². The van der Waals surface area contributed by atoms with Gasteiger partial charge in [-0.3, -0.25) is 4.79 Å². The molecule has 0 atom stereocenters. The van der Waals surface area contributed by atoms with Crippen LogP contribution in [0.1, 0.15) is 16.1 Å². The van der Waals surface area contributed by atoms with Crippen LogP contribution in [0.5, 0.6) is 5.88 Å². The molecule has 0 fully saturated rings. The molecule has 1 aliphatic rings. The van der Waals surface area contributed by atoms with Gasteiger partial charge in [0, 0.05) is 0 Å². The summed E-state index contributed by atoms with van der Waals surface area (Å²) in [4.78, 5) is 18.8. The molecule has 0 bridgehead atoms. The minimum absolute atomic E-state index is 0.0488. The number of nitrogen functional groups attached to an aromatic ring is 1. The van der Waals surface area contributed by atoms with Gasteiger partial charge in [-0.2, -0.15) is 4.98 Å². The molecular weight excluding hydrogens is 172 g/mol. The van der Waals surface area contributed by atoms with E-state index in [9.17, 15) is 4.79 Å². The van der Waals surface area contributed by atoms with Crippen LogP contribution < -0.4 is 15.8 Å². The van der Waals surface area contributed by atoms with E-state index in [1.165, 1.54) is 7.11 Å². The normalized spacial score (nSPS) is 13.8. The van der Waals surface area contributed by atoms with Gasteiger partial charge in [0.25, 0.3) is 5.91 Å². The summed E-state index contributed by atoms with van der Waals surface area (Å²) >= 11 is 0. The Balaban J connectivity index is 2.63. The summed E-state index contributed by atoms with van der Waals surface area (Å²) in [5.41, 5.74) is 6.37. The van der Waals surface area contributed by atoms with Crippen molar-refractivity contribution < 1.29 is 9.53 Å². The van der Waals surface area contributed by atoms with Crippen molar-refractivity contribution in [3.8, 4) is 5.88 Å². The molecule has 0 spiro atoms. The van der Waals surface area contributed by atoms with E-state index in [-0.39, 0.29) is 11.9 Å². The zero-order valence-corrected chi connectivity index (χ0v) is 7.00. The molecule has 1 aromatic heterocycles. The maximum Gasteiger partial charge on any atom is 0.270 e. The number of methoxy groups -OCH3 is 1. The molecule has 2 rings (SSSR count). The van der Waals surface area contributed by atoms with E-state index in [1.807, 2.05) is 0 Å². The van der Waals surface area contributed by atoms with E-state index in [2.05, 4.69) is 15.3 Å². The Hall–Kier alpha value is -1.85. The number of hydrogen-bond donors (Lipinski definition) is 2. The molecule has 0 aliphatic carbocycles. The minimum Gasteiger partial charge on any atom is -0.481 e. The predicted octanol–water partition coefficient (Wildman–Crippen LogP) is -0.689. The van der Waals surface area contributed by atoms with Crippen molar-refractivity contribution in [2.45, 2.75) is 6.54 Å². The van der Waals surface area contributed by atoms with Crippen molar-refractivity contribution in [1.29, 1.82) is 0 Å². The van der Waals surface area contributed by atoms with Crippen molar-refractivity contribution in [2.24, 2.45) is 0 Å². The Labute approximate surface area is 74.1 Å². The third-order valence-corrected chi connectivity index (χ3v) is 1.82. The van der Waals surface area contributed by atoms with Crippen molar-refractivity contribution in [3.05, 3.63) is 11.3 Å². The molecule has 13 heavy (non-hydrogen) atoms. The lowest BCUT2D eigenvalue weighted by molar-refractivity contribution is 0.0961. The summed E-state index contributed by atoms with van der Waals surface area (Å²) in [6.45, 7) is 0.400. The minimum atomic E-state index is -0.234. The van der Waals surface area contributed by atoms with E-state index in [4.69, 9.17) is 10.5 Å². The average Bonchev–Trinajstić information content (AvgIpc) is 2.47. The summed E-state index contributed by atoms with van der Waals surface area (Å²) < 4.78 is 4.96. The molecule has 6 heteroatoms. The number of anilines is 1. The standard InChI is InChI=1S/C7H8N4O2/c1-13-6-3-2-9-5(12)4(3)10-7(8)11-6/h2H2,1H3,(H,9,12)(H2,8,10,11). The number of carbonyl (C=O) groups excluding carboxylic acids is 1. The third-order valence-electron chi connectivity index (χ3n) is 1.82. The smallest absolute Gasteiger partial charge is 0.270 e. The predicted molar refractivity (Wildman–Crippen MR) is 44.2 cm³/mol. The second-order valence-electron chi connectivity index (χ2n) is 2.60. The van der Waals surface area contributed by atoms with Crippen LogP contribution in [0.25, 0.3) is 0 Å². The molecule has 0 unspecified atom stereocenters. The van der Waals surface area contributed by atoms with E-state index in [0.29, 0.717) is 23.7 Å². The highest BCUT2D eigenvalue weighted by Crippen LogP contribution is 2.23. The quantitative estimate of drug-likeness (QED) is 0.597. The molecule has 1 aromatic rings. The van der Waals surface area contributed by atoms with Crippen LogP contribution in [0.2, 0.25) is 0 Å². The Kier molecular flexibility index (Phi) is 1.54. The lowest BCUT2D eigenvalue weighted by Gasteiger charge is -2.03. The van der Waals surface area contributed by atoms with Crippen molar-refractivity contribution >= 4 is 11.9 Å². The number of ether oxygens (including phenoxy) is 1. The van der Waals surface area contributed by atoms with Gasteiger partial charge in [-0.25, -0.2) is 4.98 Å². The topological polar surface area (TPSA) is 90.1 Å². The third kappa shape index (κ3) is 1.07. The largest absolute Gasteiger partial charge is 0.481 e. The summed E-state index contributed by atoms with van der Waals surface area (Å²) in [7, 11) is 1.48. The molecule has 3 N–H and O–H groups in total. The molecule has 0 saturated carbocycles. The van der Waals surface area contributed by atoms with E-state index < -0.39 is 0 Å². The van der Waals surface area contributed by atoms with Gasteiger partial charge in [-0.05, 0) is 0 Å². The van der Waals surface area contributed by atoms with Gasteiger partial charge in [0.1, 0.15) is 5.69 Å². The summed E-state index contributed by atoms with van der Waals surface area (Å²) in [5, 5.41) is 2.61. The Morgan fingerprint density at radius 2 is 2.31 bits per heavy atom. The SMILES string of the molecule is COc1nc(N)nc2c1CNC2=O. The number of hydrogen-bond acceptors (Lipinski definition) is 5. The highest BCUT2D eigenvalue weighted by Gasteiger charge is 2.25. The van der Waals surface area contributed by atoms with E-state index in [0.717, 1.165) is 0 Å². The van der Waals surface area contributed by atoms with Crippen LogP contribution in [0.3, 0.4) is 0 Å². The van der Waals surface area contributed by atoms with E-state index in [1.54, 1.807) is 0 Å². The summed E-state index contributed by atoms with van der Waals surface area (Å²) in [6, 6.07) is 0. The molecule has 1 aliphatic heterocycles. The maximum absolute atomic E-state index is 11.2. The number of carbonyl (C=O) groups is 1. The first kappa shape index (κ1) is 7.78. The van der Waals surface area contributed by atoms with Gasteiger partial charge in [0.05, 0.1) is 19.2 Å². The highest BCUT2D eigenvalue weighted by atomic mass is 16.5. The fourth-order valence-electron chi connectivity index (χ4n) is 1.25. The fourth-order valence-corrected chi connectivity index (χ4v) is 1.25. The van der Waals surface area contributed by atoms with Crippen LogP contribution in [0.15, 0.2) is 0 Å². The molecule has 0 aromatic carbocycles. The van der Waals surface area contributed by atoms with E-state index >= 15 is 0 Å². The molecular formula is C7H8N4O2. The molecule has 1 amide bonds. The lowest BCUT2D eigenvalue weighted by Crippen LogP contribution is -2.13. The second kappa shape index (κ2) is 2.58. The van der Waals surface area contributed by atoms with Crippen LogP contribution >= 0.6 is 0 Å². The molecule has 68 valence electrons. The van der Waals surface area contributed by atoms with Gasteiger partial charge < -0.3 is 15.8 Å². The number of nitrogens with one attached hydrogen (secondary N) is 1. The van der Waals surface area contributed by atoms with Crippen molar-refractivity contribution in [2.75, 3.05) is 12.8 Å². The number of amides is 1. The molecule has 2 heterocycles. The van der Waals surface area contributed by atoms with Gasteiger partial charge in [0.2, 0.25) is 11.8 Å². The Morgan fingerprint density at radius 1 is 1.54 bits per heavy atom. The number of fused-ring (bicyclic) bond motifs is 1. The first-order valence-electron chi connectivity index (χ1n) is 3.71. The van der Waals surface area contributed by atoms with Crippen molar-refractivity contribution in [3.63, 3.8) is 0 Å². The zero-order valence-electron chi connectivity index (χ0n) is 7.00. The van der Waals surface area contributed by atoms with Gasteiger partial charge >= 0.3 is 0 Å². The number of nitrogens with two attached hydrogens (primary N) is 1. The number of aromatic nitrogens is 2. The van der Waals surface area contributed by atoms with Crippen LogP contribution in [0.4, 0.5) is 5.95 Å². The number of nitrogens with zero attached hydrogens (tertiary/aromatic N) is 2. The van der Waals surface area contributed by atoms with Gasteiger partial charge in [-0.1, -0.05) is 0 Å². The first-order valence-corrected chi connectivity index (χ1v) is 3.71. The van der Waals surface area contributed by atoms with Gasteiger partial charge in [-0.15, -0.1) is 0 Å². The second-order valence-corrected chi connectivity index (χ2v) is 2.60. The molecule has 0 radical (unpaired) electrons. The summed E-state index contributed by atoms with van der Waals surface area (Å²) in [5.74, 6) is 0.177. The molecule has 6 nitrogen and oxygen atoms in total. The maximum atomic E-state index is 11.2. The zero-order chi connectivity index (χ0) is 9.42. The number of rotatable bonds is 1. The van der Waals surface area contributed by atoms with Crippen molar-refractivity contribution in [1.82, 2.24) is 15.3 Å². The Bertz CT molecular complexity index is 377. The monoisotopic (exact) mass is 180 g/mol. The average molecular weight is 180 g/mol. The highest BCUT2D eigenvalue weighted by molar-refractivity contribution is 5.97.